The minimum absolute atomic E-state index is 0.184. The minimum Gasteiger partial charge on any atom is -0.491 e. The van der Waals surface area contributed by atoms with E-state index < -0.39 is 11.5 Å². The van der Waals surface area contributed by atoms with Crippen LogP contribution in [-0.4, -0.2) is 29.3 Å². The van der Waals surface area contributed by atoms with Crippen molar-refractivity contribution in [3.05, 3.63) is 29.3 Å². The Morgan fingerprint density at radius 2 is 1.90 bits per heavy atom. The smallest absolute Gasteiger partial charge is 0.323 e. The highest BCUT2D eigenvalue weighted by atomic mass is 16.5. The van der Waals surface area contributed by atoms with E-state index in [0.29, 0.717) is 13.0 Å². The van der Waals surface area contributed by atoms with Gasteiger partial charge in [0.05, 0.1) is 6.10 Å². The SMILES string of the molecule is CCNC(C)(CC(C)Oc1cc(C)cc(C)c1)C(=O)O. The summed E-state index contributed by atoms with van der Waals surface area (Å²) in [6, 6.07) is 6.02. The van der Waals surface area contributed by atoms with Crippen molar-refractivity contribution in [2.24, 2.45) is 0 Å². The number of aryl methyl sites for hydroxylation is 2. The van der Waals surface area contributed by atoms with Gasteiger partial charge >= 0.3 is 5.97 Å². The summed E-state index contributed by atoms with van der Waals surface area (Å²) in [5.41, 5.74) is 1.31. The number of hydrogen-bond acceptors (Lipinski definition) is 3. The van der Waals surface area contributed by atoms with Crippen LogP contribution >= 0.6 is 0 Å². The lowest BCUT2D eigenvalue weighted by Gasteiger charge is -2.29. The van der Waals surface area contributed by atoms with Gasteiger partial charge in [0.2, 0.25) is 0 Å². The van der Waals surface area contributed by atoms with Crippen molar-refractivity contribution in [3.63, 3.8) is 0 Å². The molecule has 0 aliphatic heterocycles. The lowest BCUT2D eigenvalue weighted by atomic mass is 9.95. The van der Waals surface area contributed by atoms with Crippen molar-refractivity contribution >= 4 is 5.97 Å². The van der Waals surface area contributed by atoms with Crippen LogP contribution in [0.3, 0.4) is 0 Å². The first kappa shape index (κ1) is 16.5. The average molecular weight is 279 g/mol. The number of benzene rings is 1. The molecule has 0 heterocycles. The third kappa shape index (κ3) is 4.53. The zero-order chi connectivity index (χ0) is 15.3. The number of hydrogen-bond donors (Lipinski definition) is 2. The molecular weight excluding hydrogens is 254 g/mol. The molecule has 4 nitrogen and oxygen atoms in total. The summed E-state index contributed by atoms with van der Waals surface area (Å²) in [4.78, 5) is 11.4. The number of rotatable bonds is 7. The molecule has 0 fully saturated rings. The molecule has 20 heavy (non-hydrogen) atoms. The van der Waals surface area contributed by atoms with E-state index in [0.717, 1.165) is 16.9 Å². The maximum atomic E-state index is 11.4. The quantitative estimate of drug-likeness (QED) is 0.805. The van der Waals surface area contributed by atoms with Gasteiger partial charge in [-0.05, 0) is 57.5 Å². The molecule has 1 aromatic carbocycles. The molecule has 0 aliphatic carbocycles. The van der Waals surface area contributed by atoms with E-state index in [1.165, 1.54) is 0 Å². The Labute approximate surface area is 121 Å². The molecule has 1 rings (SSSR count). The third-order valence-electron chi connectivity index (χ3n) is 3.27. The van der Waals surface area contributed by atoms with Crippen molar-refractivity contribution < 1.29 is 14.6 Å². The summed E-state index contributed by atoms with van der Waals surface area (Å²) in [5.74, 6) is -0.0607. The Kier molecular flexibility index (Phi) is 5.57. The monoisotopic (exact) mass is 279 g/mol. The molecule has 0 bridgehead atoms. The standard InChI is InChI=1S/C16H25NO3/c1-6-17-16(5,15(18)19)10-13(4)20-14-8-11(2)7-12(3)9-14/h7-9,13,17H,6,10H2,1-5H3,(H,18,19). The number of likely N-dealkylation sites (N-methyl/N-ethyl adjacent to an activating group) is 1. The summed E-state index contributed by atoms with van der Waals surface area (Å²) in [7, 11) is 0. The van der Waals surface area contributed by atoms with Crippen molar-refractivity contribution in [3.8, 4) is 5.75 Å². The highest BCUT2D eigenvalue weighted by Crippen LogP contribution is 2.21. The van der Waals surface area contributed by atoms with Crippen LogP contribution in [0, 0.1) is 13.8 Å². The maximum absolute atomic E-state index is 11.4. The number of carboxylic acids is 1. The van der Waals surface area contributed by atoms with Gasteiger partial charge in [-0.3, -0.25) is 4.79 Å². The number of carbonyl (C=O) groups is 1. The van der Waals surface area contributed by atoms with Crippen molar-refractivity contribution in [1.82, 2.24) is 5.32 Å². The molecule has 112 valence electrons. The molecule has 2 N–H and O–H groups in total. The van der Waals surface area contributed by atoms with Gasteiger partial charge in [-0.2, -0.15) is 0 Å². The lowest BCUT2D eigenvalue weighted by molar-refractivity contribution is -0.145. The Balaban J connectivity index is 2.75. The van der Waals surface area contributed by atoms with E-state index >= 15 is 0 Å². The highest BCUT2D eigenvalue weighted by molar-refractivity contribution is 5.78. The topological polar surface area (TPSA) is 58.6 Å². The fourth-order valence-corrected chi connectivity index (χ4v) is 2.48. The van der Waals surface area contributed by atoms with Crippen LogP contribution in [0.5, 0.6) is 5.75 Å². The fraction of sp³-hybridized carbons (Fsp3) is 0.562. The first-order valence-electron chi connectivity index (χ1n) is 7.00. The predicted octanol–water partition coefficient (Wildman–Crippen LogP) is 2.91. The summed E-state index contributed by atoms with van der Waals surface area (Å²) in [5, 5.41) is 12.4. The largest absolute Gasteiger partial charge is 0.491 e. The summed E-state index contributed by atoms with van der Waals surface area (Å²) >= 11 is 0. The van der Waals surface area contributed by atoms with E-state index in [-0.39, 0.29) is 6.10 Å². The number of carboxylic acid groups (broad SMARTS) is 1. The van der Waals surface area contributed by atoms with Crippen LogP contribution < -0.4 is 10.1 Å². The normalized spacial score (nSPS) is 15.4. The number of ether oxygens (including phenoxy) is 1. The van der Waals surface area contributed by atoms with Crippen LogP contribution in [0.1, 0.15) is 38.3 Å². The summed E-state index contributed by atoms with van der Waals surface area (Å²) in [6.45, 7) is 10.1. The summed E-state index contributed by atoms with van der Waals surface area (Å²) in [6.07, 6.45) is 0.222. The fourth-order valence-electron chi connectivity index (χ4n) is 2.48. The molecule has 0 saturated heterocycles. The molecule has 4 heteroatoms. The predicted molar refractivity (Wildman–Crippen MR) is 80.3 cm³/mol. The van der Waals surface area contributed by atoms with E-state index in [1.54, 1.807) is 6.92 Å². The van der Waals surface area contributed by atoms with Gasteiger partial charge < -0.3 is 15.2 Å². The second kappa shape index (κ2) is 6.75. The van der Waals surface area contributed by atoms with Gasteiger partial charge in [0.1, 0.15) is 11.3 Å². The van der Waals surface area contributed by atoms with E-state index in [1.807, 2.05) is 39.8 Å². The van der Waals surface area contributed by atoms with Crippen molar-refractivity contribution in [1.29, 1.82) is 0 Å². The minimum atomic E-state index is -0.965. The van der Waals surface area contributed by atoms with Crippen LogP contribution in [0.25, 0.3) is 0 Å². The van der Waals surface area contributed by atoms with Gasteiger partial charge in [-0.25, -0.2) is 0 Å². The zero-order valence-electron chi connectivity index (χ0n) is 13.0. The van der Waals surface area contributed by atoms with Crippen molar-refractivity contribution in [2.75, 3.05) is 6.54 Å². The molecule has 0 saturated carbocycles. The van der Waals surface area contributed by atoms with E-state index in [4.69, 9.17) is 4.74 Å². The van der Waals surface area contributed by atoms with Gasteiger partial charge in [0.25, 0.3) is 0 Å². The second-order valence-electron chi connectivity index (χ2n) is 5.62. The van der Waals surface area contributed by atoms with Crippen LogP contribution in [0.4, 0.5) is 0 Å². The molecule has 1 aromatic rings. The number of aliphatic carboxylic acids is 1. The van der Waals surface area contributed by atoms with Gasteiger partial charge in [0, 0.05) is 6.42 Å². The Bertz CT molecular complexity index is 453. The second-order valence-corrected chi connectivity index (χ2v) is 5.62. The van der Waals surface area contributed by atoms with Gasteiger partial charge in [0.15, 0.2) is 0 Å². The molecule has 0 amide bonds. The lowest BCUT2D eigenvalue weighted by Crippen LogP contribution is -2.51. The Morgan fingerprint density at radius 1 is 1.35 bits per heavy atom. The van der Waals surface area contributed by atoms with Crippen LogP contribution in [-0.2, 0) is 4.79 Å². The average Bonchev–Trinajstić information content (AvgIpc) is 2.26. The van der Waals surface area contributed by atoms with Gasteiger partial charge in [-0.1, -0.05) is 13.0 Å². The molecular formula is C16H25NO3. The molecule has 0 aliphatic rings. The highest BCUT2D eigenvalue weighted by Gasteiger charge is 2.34. The van der Waals surface area contributed by atoms with E-state index in [9.17, 15) is 9.90 Å². The molecule has 0 radical (unpaired) electrons. The first-order valence-corrected chi connectivity index (χ1v) is 7.00. The molecule has 2 unspecified atom stereocenters. The van der Waals surface area contributed by atoms with Crippen molar-refractivity contribution in [2.45, 2.75) is 52.7 Å². The molecule has 0 aromatic heterocycles. The Hall–Kier alpha value is -1.55. The molecule has 2 atom stereocenters. The maximum Gasteiger partial charge on any atom is 0.323 e. The number of nitrogens with one attached hydrogen (secondary N) is 1. The molecule has 0 spiro atoms. The first-order chi connectivity index (χ1) is 9.26. The van der Waals surface area contributed by atoms with Crippen LogP contribution in [0.15, 0.2) is 18.2 Å². The summed E-state index contributed by atoms with van der Waals surface area (Å²) < 4.78 is 5.86. The van der Waals surface area contributed by atoms with E-state index in [2.05, 4.69) is 11.4 Å². The van der Waals surface area contributed by atoms with Crippen LogP contribution in [0.2, 0.25) is 0 Å². The third-order valence-corrected chi connectivity index (χ3v) is 3.27. The van der Waals surface area contributed by atoms with Gasteiger partial charge in [-0.15, -0.1) is 0 Å². The Morgan fingerprint density at radius 3 is 2.35 bits per heavy atom. The zero-order valence-corrected chi connectivity index (χ0v) is 13.0.